The normalized spacial score (nSPS) is 17.2. The van der Waals surface area contributed by atoms with Gasteiger partial charge in [0.15, 0.2) is 0 Å². The van der Waals surface area contributed by atoms with Gasteiger partial charge in [-0.05, 0) is 38.2 Å². The first-order valence-corrected chi connectivity index (χ1v) is 13.5. The summed E-state index contributed by atoms with van der Waals surface area (Å²) in [4.78, 5) is 0. The fraction of sp³-hybridized carbons (Fsp3) is 0.812. The Morgan fingerprint density at radius 3 is 1.63 bits per heavy atom. The fourth-order valence-electron chi connectivity index (χ4n) is 2.59. The van der Waals surface area contributed by atoms with Crippen LogP contribution in [0.25, 0.3) is 0 Å². The van der Waals surface area contributed by atoms with Gasteiger partial charge in [-0.1, -0.05) is 34.0 Å². The highest BCUT2D eigenvalue weighted by atomic mass is 31.2. The molecular formula is C16H35P3+2. The summed E-state index contributed by atoms with van der Waals surface area (Å²) in [6.07, 6.45) is 17.4. The van der Waals surface area contributed by atoms with Gasteiger partial charge in [-0.3, -0.25) is 0 Å². The average molecular weight is 320 g/mol. The summed E-state index contributed by atoms with van der Waals surface area (Å²) < 4.78 is 0. The quantitative estimate of drug-likeness (QED) is 0.454. The van der Waals surface area contributed by atoms with Crippen molar-refractivity contribution in [3.8, 4) is 0 Å². The lowest BCUT2D eigenvalue weighted by Gasteiger charge is -2.38. The maximum atomic E-state index is 4.83. The van der Waals surface area contributed by atoms with Crippen LogP contribution in [0.4, 0.5) is 0 Å². The van der Waals surface area contributed by atoms with Gasteiger partial charge in [0.2, 0.25) is 0 Å². The minimum atomic E-state index is -1.19. The summed E-state index contributed by atoms with van der Waals surface area (Å²) >= 11 is 0. The van der Waals surface area contributed by atoms with Gasteiger partial charge in [-0.25, -0.2) is 0 Å². The Morgan fingerprint density at radius 1 is 1.00 bits per heavy atom. The van der Waals surface area contributed by atoms with Crippen LogP contribution >= 0.6 is 22.0 Å². The molecule has 0 fully saturated rings. The maximum Gasteiger partial charge on any atom is 0.127 e. The molecule has 0 amide bonds. The summed E-state index contributed by atoms with van der Waals surface area (Å²) in [6.45, 7) is 13.0. The first-order chi connectivity index (χ1) is 8.58. The number of rotatable bonds is 9. The van der Waals surface area contributed by atoms with Crippen molar-refractivity contribution in [1.29, 1.82) is 0 Å². The zero-order valence-corrected chi connectivity index (χ0v) is 16.8. The molecule has 0 saturated heterocycles. The van der Waals surface area contributed by atoms with Crippen LogP contribution in [0.1, 0.15) is 48.0 Å². The second kappa shape index (κ2) is 8.17. The molecule has 0 radical (unpaired) electrons. The van der Waals surface area contributed by atoms with Gasteiger partial charge < -0.3 is 0 Å². The highest BCUT2D eigenvalue weighted by Gasteiger charge is 2.40. The van der Waals surface area contributed by atoms with E-state index in [0.717, 1.165) is 5.92 Å². The van der Waals surface area contributed by atoms with Crippen molar-refractivity contribution in [3.63, 3.8) is 0 Å². The third-order valence-electron chi connectivity index (χ3n) is 4.03. The second-order valence-electron chi connectivity index (χ2n) is 6.81. The lowest BCUT2D eigenvalue weighted by Crippen LogP contribution is -2.25. The van der Waals surface area contributed by atoms with Crippen LogP contribution in [0.2, 0.25) is 0 Å². The molecule has 0 aliphatic heterocycles. The van der Waals surface area contributed by atoms with E-state index in [1.807, 2.05) is 0 Å². The smallest absolute Gasteiger partial charge is 0.0926 e. The van der Waals surface area contributed by atoms with Crippen molar-refractivity contribution < 1.29 is 0 Å². The van der Waals surface area contributed by atoms with Gasteiger partial charge in [0.05, 0.1) is 27.7 Å². The molecule has 0 nitrogen and oxygen atoms in total. The molecule has 0 spiro atoms. The standard InChI is InChI=1S/C16H35P3/c1-10-17(7)13-19(9,14-18(8)11-2)16(5,6)12-15(3)4/h15H,7-14H2,1-6H3/q+2. The van der Waals surface area contributed by atoms with Crippen molar-refractivity contribution in [1.82, 2.24) is 0 Å². The molecule has 0 aromatic rings. The van der Waals surface area contributed by atoms with Crippen LogP contribution in [0.3, 0.4) is 0 Å². The molecule has 0 bridgehead atoms. The molecule has 0 aromatic heterocycles. The van der Waals surface area contributed by atoms with E-state index in [4.69, 9.17) is 6.30 Å². The Hall–Kier alpha value is 0.640. The van der Waals surface area contributed by atoms with E-state index >= 15 is 0 Å². The van der Waals surface area contributed by atoms with Crippen LogP contribution in [-0.4, -0.2) is 48.2 Å². The summed E-state index contributed by atoms with van der Waals surface area (Å²) in [5.74, 6) is 3.38. The topological polar surface area (TPSA) is 0 Å². The van der Waals surface area contributed by atoms with Crippen molar-refractivity contribution >= 4 is 40.9 Å². The number of hydrogen-bond acceptors (Lipinski definition) is 0. The van der Waals surface area contributed by atoms with E-state index < -0.39 is 6.89 Å². The Labute approximate surface area is 124 Å². The molecule has 3 heteroatoms. The lowest BCUT2D eigenvalue weighted by atomic mass is 10.00. The predicted molar refractivity (Wildman–Crippen MR) is 106 cm³/mol. The van der Waals surface area contributed by atoms with Gasteiger partial charge in [-0.2, -0.15) is 0 Å². The third-order valence-corrected chi connectivity index (χ3v) is 16.1. The monoisotopic (exact) mass is 320 g/mol. The summed E-state index contributed by atoms with van der Waals surface area (Å²) in [5, 5.41) is 0.391. The summed E-state index contributed by atoms with van der Waals surface area (Å²) in [7, 11) is -0.143. The summed E-state index contributed by atoms with van der Waals surface area (Å²) in [6, 6.07) is 0. The van der Waals surface area contributed by atoms with E-state index in [1.54, 1.807) is 0 Å². The molecular weight excluding hydrogens is 285 g/mol. The van der Waals surface area contributed by atoms with Crippen molar-refractivity contribution in [2.24, 2.45) is 5.92 Å². The molecule has 0 aliphatic carbocycles. The first kappa shape index (κ1) is 19.6. The van der Waals surface area contributed by atoms with Gasteiger partial charge >= 0.3 is 0 Å². The van der Waals surface area contributed by atoms with E-state index in [0.29, 0.717) is 5.16 Å². The van der Waals surface area contributed by atoms with Crippen LogP contribution in [0, 0.1) is 5.92 Å². The van der Waals surface area contributed by atoms with Gasteiger partial charge in [0.1, 0.15) is 24.1 Å². The molecule has 2 unspecified atom stereocenters. The third kappa shape index (κ3) is 6.29. The van der Waals surface area contributed by atoms with Gasteiger partial charge in [-0.15, -0.1) is 0 Å². The molecule has 19 heavy (non-hydrogen) atoms. The lowest BCUT2D eigenvalue weighted by molar-refractivity contribution is 0.496. The van der Waals surface area contributed by atoms with Crippen LogP contribution in [0.15, 0.2) is 0 Å². The molecule has 0 aromatic carbocycles. The Bertz CT molecular complexity index is 342. The zero-order valence-electron chi connectivity index (χ0n) is 14.1. The average Bonchev–Trinajstić information content (AvgIpc) is 2.26. The minimum absolute atomic E-state index is 0.0717. The Kier molecular flexibility index (Phi) is 8.45. The van der Waals surface area contributed by atoms with E-state index in [1.165, 1.54) is 30.6 Å². The SMILES string of the molecule is C=[P+](CC)CP(=C)(C[P+](=C)CC)C(C)(C)CC(C)C. The maximum absolute atomic E-state index is 4.83. The molecule has 0 heterocycles. The minimum Gasteiger partial charge on any atom is -0.0926 e. The second-order valence-corrected chi connectivity index (χ2v) is 16.5. The van der Waals surface area contributed by atoms with Crippen LogP contribution < -0.4 is 0 Å². The molecule has 112 valence electrons. The largest absolute Gasteiger partial charge is 0.127 e. The predicted octanol–water partition coefficient (Wildman–Crippen LogP) is 6.04. The van der Waals surface area contributed by atoms with E-state index in [9.17, 15) is 0 Å². The molecule has 0 rings (SSSR count). The Morgan fingerprint density at radius 2 is 1.37 bits per heavy atom. The zero-order chi connectivity index (χ0) is 15.3. The summed E-state index contributed by atoms with van der Waals surface area (Å²) in [5.41, 5.74) is 0. The van der Waals surface area contributed by atoms with Crippen molar-refractivity contribution in [2.45, 2.75) is 53.1 Å². The fourth-order valence-corrected chi connectivity index (χ4v) is 15.3. The molecule has 0 N–H and O–H groups in total. The van der Waals surface area contributed by atoms with Crippen molar-refractivity contribution in [3.05, 3.63) is 0 Å². The van der Waals surface area contributed by atoms with Gasteiger partial charge in [0, 0.05) is 0 Å². The molecule has 0 aliphatic rings. The van der Waals surface area contributed by atoms with Crippen LogP contribution in [-0.2, 0) is 0 Å². The first-order valence-electron chi connectivity index (χ1n) is 7.40. The Balaban J connectivity index is 5.30. The van der Waals surface area contributed by atoms with Crippen molar-refractivity contribution in [2.75, 3.05) is 24.1 Å². The van der Waals surface area contributed by atoms with E-state index in [2.05, 4.69) is 54.1 Å². The molecule has 0 saturated carbocycles. The van der Waals surface area contributed by atoms with Gasteiger partial charge in [0.25, 0.3) is 0 Å². The number of hydrogen-bond donors (Lipinski definition) is 0. The van der Waals surface area contributed by atoms with E-state index in [-0.39, 0.29) is 15.1 Å². The highest BCUT2D eigenvalue weighted by Crippen LogP contribution is 2.66. The highest BCUT2D eigenvalue weighted by molar-refractivity contribution is 7.89. The molecule has 2 atom stereocenters. The van der Waals surface area contributed by atoms with Crippen LogP contribution in [0.5, 0.6) is 0 Å².